The minimum absolute atomic E-state index is 0.0620. The van der Waals surface area contributed by atoms with E-state index < -0.39 is 0 Å². The van der Waals surface area contributed by atoms with Gasteiger partial charge in [-0.3, -0.25) is 19.6 Å². The quantitative estimate of drug-likeness (QED) is 0.270. The topological polar surface area (TPSA) is 72.9 Å². The van der Waals surface area contributed by atoms with Crippen molar-refractivity contribution in [1.29, 1.82) is 0 Å². The Balaban J connectivity index is 1.24. The van der Waals surface area contributed by atoms with Crippen LogP contribution in [0.2, 0.25) is 0 Å². The van der Waals surface area contributed by atoms with Crippen molar-refractivity contribution in [3.8, 4) is 0 Å². The van der Waals surface area contributed by atoms with Crippen LogP contribution in [-0.2, 0) is 0 Å². The minimum atomic E-state index is 0.0620. The molecule has 6 rings (SSSR count). The van der Waals surface area contributed by atoms with E-state index in [9.17, 15) is 9.59 Å². The Morgan fingerprint density at radius 1 is 0.690 bits per heavy atom. The number of pyridine rings is 2. The van der Waals surface area contributed by atoms with E-state index in [1.165, 1.54) is 0 Å². The Kier molecular flexibility index (Phi) is 8.40. The molecule has 2 atom stereocenters. The van der Waals surface area contributed by atoms with E-state index in [2.05, 4.69) is 48.0 Å². The summed E-state index contributed by atoms with van der Waals surface area (Å²) in [4.78, 5) is 46.7. The maximum atomic E-state index is 13.5. The summed E-state index contributed by atoms with van der Waals surface area (Å²) in [5, 5.41) is 1.74. The lowest BCUT2D eigenvalue weighted by Crippen LogP contribution is -2.34. The number of fused-ring (bicyclic) bond motifs is 2. The first-order valence-corrected chi connectivity index (χ1v) is 16.5. The third-order valence-electron chi connectivity index (χ3n) is 8.51. The molecular formula is C32H36N6O2S2. The second-order valence-corrected chi connectivity index (χ2v) is 13.7. The molecule has 2 aromatic heterocycles. The first kappa shape index (κ1) is 28.9. The fourth-order valence-electron chi connectivity index (χ4n) is 5.93. The molecule has 0 bridgehead atoms. The maximum absolute atomic E-state index is 13.5. The van der Waals surface area contributed by atoms with Gasteiger partial charge in [0.25, 0.3) is 11.8 Å². The van der Waals surface area contributed by atoms with Crippen LogP contribution in [0.1, 0.15) is 33.6 Å². The highest BCUT2D eigenvalue weighted by Crippen LogP contribution is 2.43. The molecule has 4 heterocycles. The molecule has 0 radical (unpaired) electrons. The van der Waals surface area contributed by atoms with Crippen molar-refractivity contribution in [3.05, 3.63) is 72.1 Å². The maximum Gasteiger partial charge on any atom is 0.254 e. The standard InChI is InChI=1S/C32H36N6O2S2/c1-35(2)21-13-17-37(19-21)31(39)25-9-11-27(29-23(25)7-5-15-33-29)41-42-28-12-10-26(24-8-6-16-34-30(24)28)32(40)38-18-14-22(20-38)36(3)4/h5-12,15-16,21-22H,13-14,17-20H2,1-4H3. The molecule has 2 aliphatic rings. The van der Waals surface area contributed by atoms with E-state index >= 15 is 0 Å². The van der Waals surface area contributed by atoms with Gasteiger partial charge in [-0.1, -0.05) is 33.7 Å². The summed E-state index contributed by atoms with van der Waals surface area (Å²) in [6, 6.07) is 16.4. The Bertz CT molecular complexity index is 1520. The highest BCUT2D eigenvalue weighted by atomic mass is 33.1. The molecule has 10 heteroatoms. The van der Waals surface area contributed by atoms with Gasteiger partial charge < -0.3 is 19.6 Å². The van der Waals surface area contributed by atoms with Crippen LogP contribution in [0.3, 0.4) is 0 Å². The number of hydrogen-bond donors (Lipinski definition) is 0. The second-order valence-electron chi connectivity index (χ2n) is 11.5. The van der Waals surface area contributed by atoms with Crippen LogP contribution in [0.5, 0.6) is 0 Å². The first-order valence-electron chi connectivity index (χ1n) is 14.3. The number of amides is 2. The molecule has 0 saturated carbocycles. The molecule has 2 fully saturated rings. The number of rotatable bonds is 7. The zero-order valence-electron chi connectivity index (χ0n) is 24.5. The Morgan fingerprint density at radius 3 is 1.50 bits per heavy atom. The van der Waals surface area contributed by atoms with Crippen molar-refractivity contribution in [2.45, 2.75) is 34.7 Å². The monoisotopic (exact) mass is 600 g/mol. The van der Waals surface area contributed by atoms with E-state index in [0.717, 1.165) is 70.6 Å². The van der Waals surface area contributed by atoms with Crippen LogP contribution in [0.4, 0.5) is 0 Å². The first-order chi connectivity index (χ1) is 20.3. The third-order valence-corrected chi connectivity index (χ3v) is 10.9. The van der Waals surface area contributed by atoms with Crippen molar-refractivity contribution in [3.63, 3.8) is 0 Å². The van der Waals surface area contributed by atoms with Crippen molar-refractivity contribution in [2.24, 2.45) is 0 Å². The van der Waals surface area contributed by atoms with Gasteiger partial charge in [0.15, 0.2) is 0 Å². The van der Waals surface area contributed by atoms with Gasteiger partial charge in [-0.05, 0) is 77.4 Å². The number of benzene rings is 2. The van der Waals surface area contributed by atoms with Crippen molar-refractivity contribution < 1.29 is 9.59 Å². The Labute approximate surface area is 254 Å². The highest BCUT2D eigenvalue weighted by Gasteiger charge is 2.30. The van der Waals surface area contributed by atoms with Crippen molar-refractivity contribution in [2.75, 3.05) is 54.4 Å². The van der Waals surface area contributed by atoms with Crippen LogP contribution in [-0.4, -0.2) is 108 Å². The molecule has 2 saturated heterocycles. The van der Waals surface area contributed by atoms with Crippen LogP contribution in [0, 0.1) is 0 Å². The minimum Gasteiger partial charge on any atom is -0.337 e. The summed E-state index contributed by atoms with van der Waals surface area (Å²) in [5.74, 6) is 0.124. The Hall–Kier alpha value is -3.18. The molecule has 0 aliphatic carbocycles. The summed E-state index contributed by atoms with van der Waals surface area (Å²) in [6.45, 7) is 3.02. The number of nitrogens with zero attached hydrogens (tertiary/aromatic N) is 6. The molecule has 0 N–H and O–H groups in total. The lowest BCUT2D eigenvalue weighted by atomic mass is 10.1. The van der Waals surface area contributed by atoms with Gasteiger partial charge in [0.2, 0.25) is 0 Å². The number of likely N-dealkylation sites (tertiary alicyclic amines) is 2. The number of carbonyl (C=O) groups excluding carboxylic acids is 2. The summed E-state index contributed by atoms with van der Waals surface area (Å²) < 4.78 is 0. The molecule has 4 aromatic rings. The average Bonchev–Trinajstić information content (AvgIpc) is 3.70. The molecule has 2 aromatic carbocycles. The lowest BCUT2D eigenvalue weighted by molar-refractivity contribution is 0.0777. The Morgan fingerprint density at radius 2 is 1.12 bits per heavy atom. The van der Waals surface area contributed by atoms with Crippen LogP contribution in [0.25, 0.3) is 21.8 Å². The molecule has 8 nitrogen and oxygen atoms in total. The fourth-order valence-corrected chi connectivity index (χ4v) is 8.18. The zero-order valence-corrected chi connectivity index (χ0v) is 26.1. The molecule has 2 aliphatic heterocycles. The van der Waals surface area contributed by atoms with Gasteiger partial charge in [-0.25, -0.2) is 0 Å². The lowest BCUT2D eigenvalue weighted by Gasteiger charge is -2.21. The summed E-state index contributed by atoms with van der Waals surface area (Å²) in [5.41, 5.74) is 3.02. The zero-order chi connectivity index (χ0) is 29.4. The summed E-state index contributed by atoms with van der Waals surface area (Å²) in [6.07, 6.45) is 5.53. The van der Waals surface area contributed by atoms with E-state index in [1.807, 2.05) is 58.3 Å². The fraction of sp³-hybridized carbons (Fsp3) is 0.375. The highest BCUT2D eigenvalue weighted by molar-refractivity contribution is 8.76. The molecule has 0 spiro atoms. The van der Waals surface area contributed by atoms with Gasteiger partial charge in [-0.2, -0.15) is 0 Å². The molecular weight excluding hydrogens is 565 g/mol. The predicted molar refractivity (Wildman–Crippen MR) is 171 cm³/mol. The van der Waals surface area contributed by atoms with Gasteiger partial charge in [0, 0.05) is 82.3 Å². The van der Waals surface area contributed by atoms with Crippen LogP contribution < -0.4 is 0 Å². The number of likely N-dealkylation sites (N-methyl/N-ethyl adjacent to an activating group) is 2. The number of carbonyl (C=O) groups is 2. The van der Waals surface area contributed by atoms with E-state index in [4.69, 9.17) is 0 Å². The van der Waals surface area contributed by atoms with Gasteiger partial charge in [0.1, 0.15) is 0 Å². The predicted octanol–water partition coefficient (Wildman–Crippen LogP) is 5.13. The summed E-state index contributed by atoms with van der Waals surface area (Å²) >= 11 is 0. The van der Waals surface area contributed by atoms with E-state index in [0.29, 0.717) is 23.2 Å². The molecule has 42 heavy (non-hydrogen) atoms. The van der Waals surface area contributed by atoms with Crippen LogP contribution >= 0.6 is 21.6 Å². The smallest absolute Gasteiger partial charge is 0.254 e. The summed E-state index contributed by atoms with van der Waals surface area (Å²) in [7, 11) is 11.5. The normalized spacial score (nSPS) is 19.1. The largest absolute Gasteiger partial charge is 0.337 e. The van der Waals surface area contributed by atoms with Crippen LogP contribution in [0.15, 0.2) is 70.7 Å². The second kappa shape index (κ2) is 12.2. The molecule has 2 amide bonds. The molecule has 218 valence electrons. The third kappa shape index (κ3) is 5.60. The number of aromatic nitrogens is 2. The number of hydrogen-bond acceptors (Lipinski definition) is 8. The van der Waals surface area contributed by atoms with Gasteiger partial charge in [-0.15, -0.1) is 0 Å². The van der Waals surface area contributed by atoms with Crippen molar-refractivity contribution >= 4 is 55.2 Å². The van der Waals surface area contributed by atoms with Gasteiger partial charge >= 0.3 is 0 Å². The van der Waals surface area contributed by atoms with E-state index in [-0.39, 0.29) is 11.8 Å². The van der Waals surface area contributed by atoms with Crippen molar-refractivity contribution in [1.82, 2.24) is 29.6 Å². The SMILES string of the molecule is CN(C)C1CCN(C(=O)c2ccc(SSc3ccc(C(=O)N4CCC(N(C)C)C4)c4cccnc34)c3ncccc23)C1. The average molecular weight is 601 g/mol. The molecule has 2 unspecified atom stereocenters. The van der Waals surface area contributed by atoms with Gasteiger partial charge in [0.05, 0.1) is 11.0 Å². The van der Waals surface area contributed by atoms with E-state index in [1.54, 1.807) is 34.0 Å².